The van der Waals surface area contributed by atoms with Gasteiger partial charge in [0.05, 0.1) is 0 Å². The number of rotatable bonds is 2. The zero-order valence-corrected chi connectivity index (χ0v) is 7.83. The van der Waals surface area contributed by atoms with E-state index in [0.717, 1.165) is 0 Å². The van der Waals surface area contributed by atoms with E-state index in [-0.39, 0.29) is 5.48 Å². The molecule has 0 aromatic rings. The summed E-state index contributed by atoms with van der Waals surface area (Å²) in [5.74, 6) is 0. The molecule has 0 amide bonds. The van der Waals surface area contributed by atoms with Crippen LogP contribution in [-0.4, -0.2) is 5.48 Å². The van der Waals surface area contributed by atoms with Crippen LogP contribution in [0.1, 0.15) is 0 Å². The van der Waals surface area contributed by atoms with Gasteiger partial charge < -0.3 is 5.48 Å². The molecule has 8 heavy (non-hydrogen) atoms. The third-order valence-corrected chi connectivity index (χ3v) is 4.67. The molecule has 0 unspecified atom stereocenters. The van der Waals surface area contributed by atoms with E-state index in [1.54, 1.807) is 0 Å². The molecule has 8 heteroatoms. The van der Waals surface area contributed by atoms with Gasteiger partial charge in [0.15, 0.2) is 0 Å². The summed E-state index contributed by atoms with van der Waals surface area (Å²) in [4.78, 5) is 0. The second-order valence-corrected chi connectivity index (χ2v) is 5.50. The Kier molecular flexibility index (Phi) is 8.17. The van der Waals surface area contributed by atoms with Gasteiger partial charge in [-0.2, -0.15) is 0 Å². The van der Waals surface area contributed by atoms with E-state index in [0.29, 0.717) is 0 Å². The second-order valence-electron chi connectivity index (χ2n) is 0.529. The van der Waals surface area contributed by atoms with Gasteiger partial charge in [-0.25, -0.2) is 0 Å². The first kappa shape index (κ1) is 11.4. The fraction of sp³-hybridized carbons (Fsp3) is 0. The van der Waals surface area contributed by atoms with Gasteiger partial charge in [0.1, 0.15) is 0 Å². The molecule has 0 rings (SSSR count). The monoisotopic (exact) mass is 284 g/mol. The zero-order chi connectivity index (χ0) is 5.86. The molecule has 0 fully saturated rings. The summed E-state index contributed by atoms with van der Waals surface area (Å²) in [5, 5.41) is 0. The predicted octanol–water partition coefficient (Wildman–Crippen LogP) is -1.37. The molecule has 0 atom stereocenters. The van der Waals surface area contributed by atoms with Crippen molar-refractivity contribution in [1.29, 1.82) is 0 Å². The fourth-order valence-electron chi connectivity index (χ4n) is 0.0544. The summed E-state index contributed by atoms with van der Waals surface area (Å²) >= 11 is -8.25. The van der Waals surface area contributed by atoms with Gasteiger partial charge >= 0.3 is 52.3 Å². The first-order chi connectivity index (χ1) is 3.13. The van der Waals surface area contributed by atoms with Gasteiger partial charge in [-0.05, 0) is 0 Å². The molecular weight excluding hydrogens is 282 g/mol. The Morgan fingerprint density at radius 2 is 1.12 bits per heavy atom. The SMILES string of the molecule is O.[O]=[Nb](=[O])[O][Nb](=[O])=[O]. The molecule has 2 N–H and O–H groups in total. The van der Waals surface area contributed by atoms with Crippen LogP contribution in [0.15, 0.2) is 0 Å². The Balaban J connectivity index is 0. The molecule has 0 aliphatic carbocycles. The average Bonchev–Trinajstić information content (AvgIpc) is 1.27. The molecule has 0 aromatic carbocycles. The molecule has 0 aromatic heterocycles. The normalized spacial score (nSPS) is 7.00. The quantitative estimate of drug-likeness (QED) is 0.581. The van der Waals surface area contributed by atoms with Gasteiger partial charge in [-0.15, -0.1) is 0 Å². The van der Waals surface area contributed by atoms with Crippen LogP contribution in [0.25, 0.3) is 0 Å². The minimum atomic E-state index is -4.13. The molecule has 48 valence electrons. The van der Waals surface area contributed by atoms with E-state index in [2.05, 4.69) is 1.75 Å². The van der Waals surface area contributed by atoms with Crippen LogP contribution in [0.3, 0.4) is 0 Å². The van der Waals surface area contributed by atoms with Crippen LogP contribution in [0.4, 0.5) is 0 Å². The average molecular weight is 284 g/mol. The second kappa shape index (κ2) is 5.73. The van der Waals surface area contributed by atoms with Crippen molar-refractivity contribution in [3.63, 3.8) is 0 Å². The van der Waals surface area contributed by atoms with Gasteiger partial charge in [0.2, 0.25) is 0 Å². The summed E-state index contributed by atoms with van der Waals surface area (Å²) in [5.41, 5.74) is 0. The van der Waals surface area contributed by atoms with Crippen LogP contribution in [0.2, 0.25) is 0 Å². The molecule has 0 heterocycles. The van der Waals surface area contributed by atoms with Crippen molar-refractivity contribution in [2.24, 2.45) is 0 Å². The zero-order valence-electron chi connectivity index (χ0n) is 3.44. The van der Waals surface area contributed by atoms with Crippen molar-refractivity contribution in [1.82, 2.24) is 0 Å². The van der Waals surface area contributed by atoms with Crippen molar-refractivity contribution in [3.8, 4) is 0 Å². The number of hydrogen-bond acceptors (Lipinski definition) is 5. The Morgan fingerprint density at radius 3 is 1.12 bits per heavy atom. The third-order valence-electron chi connectivity index (χ3n) is 0.133. The van der Waals surface area contributed by atoms with Gasteiger partial charge in [-0.1, -0.05) is 0 Å². The fourth-order valence-corrected chi connectivity index (χ4v) is 1.91. The van der Waals surface area contributed by atoms with E-state index in [4.69, 9.17) is 0 Å². The van der Waals surface area contributed by atoms with Crippen LogP contribution in [0, 0.1) is 0 Å². The molecule has 0 aliphatic rings. The van der Waals surface area contributed by atoms with Crippen molar-refractivity contribution in [3.05, 3.63) is 0 Å². The Labute approximate surface area is 57.7 Å². The summed E-state index contributed by atoms with van der Waals surface area (Å²) in [6.07, 6.45) is 0. The molecule has 0 spiro atoms. The Hall–Kier alpha value is 0.601. The molecule has 6 nitrogen and oxygen atoms in total. The van der Waals surface area contributed by atoms with Gasteiger partial charge in [0.25, 0.3) is 0 Å². The first-order valence-corrected chi connectivity index (χ1v) is 6.48. The number of hydrogen-bond donors (Lipinski definition) is 0. The molecule has 0 radical (unpaired) electrons. The van der Waals surface area contributed by atoms with Gasteiger partial charge in [0, 0.05) is 0 Å². The molecule has 0 bridgehead atoms. The van der Waals surface area contributed by atoms with Crippen LogP contribution in [-0.2, 0) is 52.3 Å². The summed E-state index contributed by atoms with van der Waals surface area (Å²) in [7, 11) is 0. The molecule has 0 aliphatic heterocycles. The summed E-state index contributed by atoms with van der Waals surface area (Å²) in [6, 6.07) is 0. The minimum absolute atomic E-state index is 0. The maximum atomic E-state index is 9.39. The van der Waals surface area contributed by atoms with Crippen LogP contribution >= 0.6 is 0 Å². The van der Waals surface area contributed by atoms with Crippen molar-refractivity contribution >= 4 is 0 Å². The molecule has 0 saturated carbocycles. The Bertz CT molecular complexity index is 135. The summed E-state index contributed by atoms with van der Waals surface area (Å²) in [6.45, 7) is 0. The third kappa shape index (κ3) is 9.78. The Morgan fingerprint density at radius 1 is 0.875 bits per heavy atom. The van der Waals surface area contributed by atoms with Gasteiger partial charge in [-0.3, -0.25) is 0 Å². The van der Waals surface area contributed by atoms with E-state index < -0.39 is 37.6 Å². The van der Waals surface area contributed by atoms with E-state index in [1.807, 2.05) is 0 Å². The molecular formula is H2Nb2O6. The van der Waals surface area contributed by atoms with E-state index >= 15 is 0 Å². The van der Waals surface area contributed by atoms with Crippen LogP contribution < -0.4 is 0 Å². The van der Waals surface area contributed by atoms with E-state index in [9.17, 15) is 13.0 Å². The van der Waals surface area contributed by atoms with Crippen molar-refractivity contribution < 1.29 is 57.8 Å². The summed E-state index contributed by atoms with van der Waals surface area (Å²) < 4.78 is 41.0. The topological polar surface area (TPSA) is 109 Å². The van der Waals surface area contributed by atoms with Crippen molar-refractivity contribution in [2.75, 3.05) is 0 Å². The first-order valence-electron chi connectivity index (χ1n) is 1.10. The van der Waals surface area contributed by atoms with Crippen molar-refractivity contribution in [2.45, 2.75) is 0 Å². The maximum absolute atomic E-state index is 9.39. The standard InChI is InChI=1S/2Nb.H2O.5O/h;;1H2;;;;;. The molecule has 0 saturated heterocycles. The van der Waals surface area contributed by atoms with E-state index in [1.165, 1.54) is 0 Å². The predicted molar refractivity (Wildman–Crippen MR) is 7.44 cm³/mol. The van der Waals surface area contributed by atoms with Crippen LogP contribution in [0.5, 0.6) is 0 Å².